The fraction of sp³-hybridized carbons (Fsp3) is 0.0833. The average molecular weight is 525 g/mol. The fourth-order valence-electron chi connectivity index (χ4n) is 3.16. The average Bonchev–Trinajstić information content (AvgIpc) is 2.85. The van der Waals surface area contributed by atoms with Crippen molar-refractivity contribution < 1.29 is 24.2 Å². The first-order valence-corrected chi connectivity index (χ1v) is 10.7. The van der Waals surface area contributed by atoms with Crippen molar-refractivity contribution in [2.75, 3.05) is 24.0 Å². The van der Waals surface area contributed by atoms with Gasteiger partial charge in [-0.15, -0.1) is 5.01 Å². The summed E-state index contributed by atoms with van der Waals surface area (Å²) in [6.07, 6.45) is 0. The number of aromatic carboxylic acids is 1. The molecule has 9 nitrogen and oxygen atoms in total. The van der Waals surface area contributed by atoms with Gasteiger partial charge in [-0.25, -0.2) is 14.4 Å². The van der Waals surface area contributed by atoms with Crippen molar-refractivity contribution in [3.05, 3.63) is 82.8 Å². The zero-order chi connectivity index (χ0) is 24.8. The Bertz CT molecular complexity index is 1210. The van der Waals surface area contributed by atoms with Crippen LogP contribution in [0.15, 0.2) is 82.4 Å². The molecule has 0 aliphatic heterocycles. The molecule has 4 amide bonds. The number of hydrazone groups is 1. The summed E-state index contributed by atoms with van der Waals surface area (Å²) < 4.78 is 6.10. The first kappa shape index (κ1) is 24.5. The van der Waals surface area contributed by atoms with Crippen LogP contribution in [0.5, 0.6) is 5.75 Å². The highest BCUT2D eigenvalue weighted by Crippen LogP contribution is 2.31. The van der Waals surface area contributed by atoms with Gasteiger partial charge < -0.3 is 9.84 Å². The number of hydrogen-bond acceptors (Lipinski definition) is 5. The number of anilines is 3. The maximum absolute atomic E-state index is 13.6. The summed E-state index contributed by atoms with van der Waals surface area (Å²) in [5.41, 5.74) is 1.24. The summed E-state index contributed by atoms with van der Waals surface area (Å²) >= 11 is 3.36. The number of para-hydroxylation sites is 2. The predicted molar refractivity (Wildman–Crippen MR) is 133 cm³/mol. The van der Waals surface area contributed by atoms with Crippen LogP contribution in [0.25, 0.3) is 0 Å². The van der Waals surface area contributed by atoms with Gasteiger partial charge in [0.25, 0.3) is 0 Å². The van der Waals surface area contributed by atoms with Crippen molar-refractivity contribution in [3.8, 4) is 5.75 Å². The standard InChI is InChI=1S/C24H21BrN4O5/c1-26-29(23(32)27(2)20-6-4-5-7-21(20)34-3)24(33)28(19-14-10-17(25)11-15-19)18-12-8-16(9-13-18)22(30)31/h4-15H,1H2,2-3H3,(H,30,31). The van der Waals surface area contributed by atoms with Crippen molar-refractivity contribution in [2.24, 2.45) is 5.10 Å². The van der Waals surface area contributed by atoms with Gasteiger partial charge in [-0.3, -0.25) is 9.80 Å². The number of carboxylic acids is 1. The van der Waals surface area contributed by atoms with E-state index in [-0.39, 0.29) is 5.56 Å². The molecule has 0 bridgehead atoms. The van der Waals surface area contributed by atoms with Crippen LogP contribution in [0.2, 0.25) is 0 Å². The van der Waals surface area contributed by atoms with Gasteiger partial charge in [0.05, 0.1) is 29.7 Å². The molecule has 1 N–H and O–H groups in total. The monoisotopic (exact) mass is 524 g/mol. The maximum Gasteiger partial charge on any atom is 0.358 e. The summed E-state index contributed by atoms with van der Waals surface area (Å²) in [5, 5.41) is 13.5. The molecule has 0 unspecified atom stereocenters. The van der Waals surface area contributed by atoms with Crippen molar-refractivity contribution in [1.29, 1.82) is 0 Å². The number of methoxy groups -OCH3 is 1. The Morgan fingerprint density at radius 3 is 2.00 bits per heavy atom. The third-order valence-electron chi connectivity index (χ3n) is 4.89. The Labute approximate surface area is 204 Å². The Hall–Kier alpha value is -4.18. The first-order valence-electron chi connectivity index (χ1n) is 9.89. The van der Waals surface area contributed by atoms with Gasteiger partial charge in [0.2, 0.25) is 0 Å². The van der Waals surface area contributed by atoms with Crippen molar-refractivity contribution >= 4 is 57.7 Å². The number of halogens is 1. The summed E-state index contributed by atoms with van der Waals surface area (Å²) in [6, 6.07) is 17.7. The largest absolute Gasteiger partial charge is 0.495 e. The molecule has 0 fully saturated rings. The number of nitrogens with zero attached hydrogens (tertiary/aromatic N) is 4. The van der Waals surface area contributed by atoms with Gasteiger partial charge >= 0.3 is 18.0 Å². The van der Waals surface area contributed by atoms with E-state index in [0.29, 0.717) is 27.8 Å². The summed E-state index contributed by atoms with van der Waals surface area (Å²) in [6.45, 7) is 3.41. The van der Waals surface area contributed by atoms with E-state index in [1.165, 1.54) is 48.2 Å². The molecule has 3 rings (SSSR count). The van der Waals surface area contributed by atoms with Crippen molar-refractivity contribution in [2.45, 2.75) is 0 Å². The number of benzene rings is 3. The second-order valence-corrected chi connectivity index (χ2v) is 7.83. The molecule has 3 aromatic carbocycles. The lowest BCUT2D eigenvalue weighted by molar-refractivity contribution is 0.0697. The van der Waals surface area contributed by atoms with Gasteiger partial charge in [-0.05, 0) is 60.7 Å². The molecule has 174 valence electrons. The lowest BCUT2D eigenvalue weighted by atomic mass is 10.2. The van der Waals surface area contributed by atoms with Gasteiger partial charge in [0.15, 0.2) is 0 Å². The van der Waals surface area contributed by atoms with E-state index in [4.69, 9.17) is 4.74 Å². The van der Waals surface area contributed by atoms with Crippen LogP contribution < -0.4 is 14.5 Å². The maximum atomic E-state index is 13.6. The zero-order valence-electron chi connectivity index (χ0n) is 18.4. The summed E-state index contributed by atoms with van der Waals surface area (Å²) in [5.74, 6) is -0.667. The molecular formula is C24H21BrN4O5. The summed E-state index contributed by atoms with van der Waals surface area (Å²) in [7, 11) is 2.96. The van der Waals surface area contributed by atoms with Crippen molar-refractivity contribution in [3.63, 3.8) is 0 Å². The van der Waals surface area contributed by atoms with Crippen LogP contribution in [-0.4, -0.2) is 49.0 Å². The number of carbonyl (C=O) groups is 3. The topological polar surface area (TPSA) is 103 Å². The normalized spacial score (nSPS) is 10.2. The van der Waals surface area contributed by atoms with E-state index in [0.717, 1.165) is 4.47 Å². The number of ether oxygens (including phenoxy) is 1. The Balaban J connectivity index is 2.02. The minimum absolute atomic E-state index is 0.0534. The quantitative estimate of drug-likeness (QED) is 0.334. The SMILES string of the molecule is C=NN(C(=O)N(C)c1ccccc1OC)C(=O)N(c1ccc(Br)cc1)c1ccc(C(=O)O)cc1. The molecule has 0 spiro atoms. The van der Waals surface area contributed by atoms with Gasteiger partial charge in [0, 0.05) is 18.2 Å². The molecule has 0 aromatic heterocycles. The highest BCUT2D eigenvalue weighted by atomic mass is 79.9. The molecule has 0 aliphatic rings. The van der Waals surface area contributed by atoms with Crippen LogP contribution >= 0.6 is 15.9 Å². The van der Waals surface area contributed by atoms with Gasteiger partial charge in [-0.1, -0.05) is 28.1 Å². The number of carbonyl (C=O) groups excluding carboxylic acids is 2. The minimum Gasteiger partial charge on any atom is -0.495 e. The van der Waals surface area contributed by atoms with E-state index in [1.54, 1.807) is 48.5 Å². The van der Waals surface area contributed by atoms with Gasteiger partial charge in [-0.2, -0.15) is 5.10 Å². The lowest BCUT2D eigenvalue weighted by Crippen LogP contribution is -2.46. The van der Waals surface area contributed by atoms with Crippen molar-refractivity contribution in [1.82, 2.24) is 5.01 Å². The van der Waals surface area contributed by atoms with Crippen LogP contribution in [0.4, 0.5) is 26.7 Å². The third-order valence-corrected chi connectivity index (χ3v) is 5.41. The van der Waals surface area contributed by atoms with Gasteiger partial charge in [0.1, 0.15) is 5.75 Å². The molecule has 10 heteroatoms. The van der Waals surface area contributed by atoms with Crippen LogP contribution in [0.3, 0.4) is 0 Å². The van der Waals surface area contributed by atoms with Crippen LogP contribution in [0, 0.1) is 0 Å². The zero-order valence-corrected chi connectivity index (χ0v) is 20.0. The second-order valence-electron chi connectivity index (χ2n) is 6.91. The van der Waals surface area contributed by atoms with E-state index < -0.39 is 18.0 Å². The molecular weight excluding hydrogens is 504 g/mol. The smallest absolute Gasteiger partial charge is 0.358 e. The molecule has 0 saturated heterocycles. The highest BCUT2D eigenvalue weighted by Gasteiger charge is 2.32. The number of amides is 4. The first-order chi connectivity index (χ1) is 16.3. The Morgan fingerprint density at radius 2 is 1.47 bits per heavy atom. The molecule has 3 aromatic rings. The Kier molecular flexibility index (Phi) is 7.64. The minimum atomic E-state index is -1.10. The number of hydrogen-bond donors (Lipinski definition) is 1. The van der Waals surface area contributed by atoms with Crippen LogP contribution in [0.1, 0.15) is 10.4 Å². The molecule has 0 heterocycles. The van der Waals surface area contributed by atoms with Crippen LogP contribution in [-0.2, 0) is 0 Å². The summed E-state index contributed by atoms with van der Waals surface area (Å²) in [4.78, 5) is 40.6. The molecule has 34 heavy (non-hydrogen) atoms. The number of carboxylic acid groups (broad SMARTS) is 1. The lowest BCUT2D eigenvalue weighted by Gasteiger charge is -2.29. The molecule has 0 saturated carbocycles. The number of urea groups is 2. The molecule has 0 aliphatic carbocycles. The number of rotatable bonds is 6. The molecule has 0 radical (unpaired) electrons. The van der Waals surface area contributed by atoms with E-state index >= 15 is 0 Å². The second kappa shape index (κ2) is 10.6. The van der Waals surface area contributed by atoms with E-state index in [9.17, 15) is 19.5 Å². The van der Waals surface area contributed by atoms with E-state index in [1.807, 2.05) is 0 Å². The molecule has 0 atom stereocenters. The predicted octanol–water partition coefficient (Wildman–Crippen LogP) is 5.59. The Morgan fingerprint density at radius 1 is 0.912 bits per heavy atom. The third kappa shape index (κ3) is 5.07. The fourth-order valence-corrected chi connectivity index (χ4v) is 3.43. The number of imide groups is 1. The highest BCUT2D eigenvalue weighted by molar-refractivity contribution is 9.10. The van der Waals surface area contributed by atoms with E-state index in [2.05, 4.69) is 27.7 Å².